The fraction of sp³-hybridized carbons (Fsp3) is 0.615. The summed E-state index contributed by atoms with van der Waals surface area (Å²) in [6, 6.07) is 1.79. The number of hydrogen-bond donors (Lipinski definition) is 3. The molecule has 6 nitrogen and oxygen atoms in total. The van der Waals surface area contributed by atoms with Crippen LogP contribution in [-0.4, -0.2) is 40.9 Å². The summed E-state index contributed by atoms with van der Waals surface area (Å²) in [6.45, 7) is 4.94. The van der Waals surface area contributed by atoms with E-state index in [1.807, 2.05) is 18.4 Å². The Morgan fingerprint density at radius 2 is 2.42 bits per heavy atom. The fourth-order valence-electron chi connectivity index (χ4n) is 2.18. The molecule has 0 bridgehead atoms. The average Bonchev–Trinajstić information content (AvgIpc) is 2.93. The van der Waals surface area contributed by atoms with E-state index in [0.717, 1.165) is 0 Å². The highest BCUT2D eigenvalue weighted by molar-refractivity contribution is 5.93. The highest BCUT2D eigenvalue weighted by atomic mass is 16.5. The van der Waals surface area contributed by atoms with Crippen molar-refractivity contribution in [1.82, 2.24) is 9.88 Å². The summed E-state index contributed by atoms with van der Waals surface area (Å²) < 4.78 is 6.96. The number of nitrogens with two attached hydrogens (primary N) is 1. The van der Waals surface area contributed by atoms with Gasteiger partial charge in [0.15, 0.2) is 0 Å². The van der Waals surface area contributed by atoms with Crippen LogP contribution in [0.2, 0.25) is 0 Å². The summed E-state index contributed by atoms with van der Waals surface area (Å²) in [5, 5.41) is 12.8. The second-order valence-corrected chi connectivity index (χ2v) is 5.37. The van der Waals surface area contributed by atoms with Crippen molar-refractivity contribution in [2.24, 2.45) is 0 Å². The van der Waals surface area contributed by atoms with E-state index in [1.54, 1.807) is 12.3 Å². The van der Waals surface area contributed by atoms with Crippen molar-refractivity contribution in [3.63, 3.8) is 0 Å². The van der Waals surface area contributed by atoms with Crippen molar-refractivity contribution in [2.75, 3.05) is 25.5 Å². The van der Waals surface area contributed by atoms with Gasteiger partial charge in [-0.15, -0.1) is 0 Å². The van der Waals surface area contributed by atoms with Gasteiger partial charge in [0.25, 0.3) is 5.91 Å². The maximum absolute atomic E-state index is 12.1. The highest BCUT2D eigenvalue weighted by Crippen LogP contribution is 2.19. The Morgan fingerprint density at radius 3 is 3.00 bits per heavy atom. The van der Waals surface area contributed by atoms with E-state index in [1.165, 1.54) is 0 Å². The summed E-state index contributed by atoms with van der Waals surface area (Å²) in [4.78, 5) is 12.1. The zero-order chi connectivity index (χ0) is 14.0. The molecule has 1 aliphatic rings. The molecule has 0 spiro atoms. The quantitative estimate of drug-likeness (QED) is 0.742. The Hall–Kier alpha value is -1.53. The van der Waals surface area contributed by atoms with Gasteiger partial charge in [0.1, 0.15) is 11.3 Å². The molecule has 19 heavy (non-hydrogen) atoms. The summed E-state index contributed by atoms with van der Waals surface area (Å²) in [5.74, 6) is -0.231. The molecular weight excluding hydrogens is 246 g/mol. The van der Waals surface area contributed by atoms with E-state index in [0.29, 0.717) is 24.4 Å². The molecular formula is C13H21N3O3. The Kier molecular flexibility index (Phi) is 3.82. The second kappa shape index (κ2) is 5.22. The lowest BCUT2D eigenvalue weighted by Gasteiger charge is -2.21. The zero-order valence-corrected chi connectivity index (χ0v) is 11.3. The average molecular weight is 267 g/mol. The first-order valence-corrected chi connectivity index (χ1v) is 6.47. The first-order valence-electron chi connectivity index (χ1n) is 6.47. The van der Waals surface area contributed by atoms with Crippen LogP contribution in [0.5, 0.6) is 0 Å². The Labute approximate surface area is 112 Å². The predicted molar refractivity (Wildman–Crippen MR) is 71.9 cm³/mol. The zero-order valence-electron chi connectivity index (χ0n) is 11.3. The first kappa shape index (κ1) is 13.9. The number of anilines is 1. The van der Waals surface area contributed by atoms with Crippen molar-refractivity contribution in [2.45, 2.75) is 31.9 Å². The van der Waals surface area contributed by atoms with Crippen molar-refractivity contribution >= 4 is 11.6 Å². The monoisotopic (exact) mass is 267 g/mol. The van der Waals surface area contributed by atoms with Gasteiger partial charge in [-0.2, -0.15) is 0 Å². The molecule has 1 fully saturated rings. The standard InChI is InChI=1S/C13H21N3O3/c1-9(2)16-6-10(14)5-11(16)12(17)15-7-13(18)3-4-19-8-13/h5-6,9,18H,3-4,7-8,14H2,1-2H3,(H,15,17). The number of carbonyl (C=O) groups excluding carboxylic acids is 1. The molecule has 1 atom stereocenters. The first-order chi connectivity index (χ1) is 8.91. The van der Waals surface area contributed by atoms with Gasteiger partial charge in [-0.1, -0.05) is 0 Å². The van der Waals surface area contributed by atoms with Gasteiger partial charge in [-0.3, -0.25) is 4.79 Å². The van der Waals surface area contributed by atoms with Gasteiger partial charge in [-0.25, -0.2) is 0 Å². The molecule has 1 amide bonds. The van der Waals surface area contributed by atoms with E-state index in [4.69, 9.17) is 10.5 Å². The number of aromatic nitrogens is 1. The topological polar surface area (TPSA) is 89.5 Å². The van der Waals surface area contributed by atoms with Crippen LogP contribution < -0.4 is 11.1 Å². The molecule has 1 aromatic rings. The molecule has 1 unspecified atom stereocenters. The summed E-state index contributed by atoms with van der Waals surface area (Å²) in [5.41, 5.74) is 5.85. The number of carbonyl (C=O) groups is 1. The largest absolute Gasteiger partial charge is 0.397 e. The second-order valence-electron chi connectivity index (χ2n) is 5.37. The van der Waals surface area contributed by atoms with Crippen molar-refractivity contribution in [1.29, 1.82) is 0 Å². The number of nitrogen functional groups attached to an aromatic ring is 1. The SMILES string of the molecule is CC(C)n1cc(N)cc1C(=O)NCC1(O)CCOC1. The van der Waals surface area contributed by atoms with Crippen LogP contribution in [0.1, 0.15) is 36.8 Å². The lowest BCUT2D eigenvalue weighted by molar-refractivity contribution is 0.0263. The Bertz CT molecular complexity index is 462. The predicted octanol–water partition coefficient (Wildman–Crippen LogP) is 0.532. The molecule has 0 aliphatic carbocycles. The van der Waals surface area contributed by atoms with Crippen molar-refractivity contribution in [3.8, 4) is 0 Å². The Morgan fingerprint density at radius 1 is 1.68 bits per heavy atom. The molecule has 6 heteroatoms. The number of rotatable bonds is 4. The minimum absolute atomic E-state index is 0.149. The van der Waals surface area contributed by atoms with Crippen LogP contribution in [-0.2, 0) is 4.74 Å². The molecule has 1 saturated heterocycles. The number of nitrogens with one attached hydrogen (secondary N) is 1. The highest BCUT2D eigenvalue weighted by Gasteiger charge is 2.32. The maximum Gasteiger partial charge on any atom is 0.268 e. The van der Waals surface area contributed by atoms with Crippen LogP contribution in [0.25, 0.3) is 0 Å². The molecule has 0 radical (unpaired) electrons. The molecule has 4 N–H and O–H groups in total. The van der Waals surface area contributed by atoms with Gasteiger partial charge >= 0.3 is 0 Å². The van der Waals surface area contributed by atoms with Crippen molar-refractivity contribution < 1.29 is 14.6 Å². The van der Waals surface area contributed by atoms with Gasteiger partial charge < -0.3 is 25.5 Å². The molecule has 1 aromatic heterocycles. The molecule has 0 saturated carbocycles. The van der Waals surface area contributed by atoms with Crippen LogP contribution in [0.3, 0.4) is 0 Å². The van der Waals surface area contributed by atoms with Crippen LogP contribution in [0, 0.1) is 0 Å². The third-order valence-electron chi connectivity index (χ3n) is 3.32. The van der Waals surface area contributed by atoms with Gasteiger partial charge in [0.2, 0.25) is 0 Å². The van der Waals surface area contributed by atoms with E-state index < -0.39 is 5.60 Å². The number of nitrogens with zero attached hydrogens (tertiary/aromatic N) is 1. The van der Waals surface area contributed by atoms with Crippen LogP contribution in [0.4, 0.5) is 5.69 Å². The van der Waals surface area contributed by atoms with Crippen LogP contribution >= 0.6 is 0 Å². The number of ether oxygens (including phenoxy) is 1. The molecule has 106 valence electrons. The number of aliphatic hydroxyl groups is 1. The summed E-state index contributed by atoms with van der Waals surface area (Å²) >= 11 is 0. The molecule has 2 rings (SSSR count). The molecule has 0 aromatic carbocycles. The minimum atomic E-state index is -0.948. The van der Waals surface area contributed by atoms with E-state index in [2.05, 4.69) is 5.32 Å². The van der Waals surface area contributed by atoms with E-state index >= 15 is 0 Å². The summed E-state index contributed by atoms with van der Waals surface area (Å²) in [7, 11) is 0. The van der Waals surface area contributed by atoms with Gasteiger partial charge in [0.05, 0.1) is 12.3 Å². The fourth-order valence-corrected chi connectivity index (χ4v) is 2.18. The third kappa shape index (κ3) is 3.08. The minimum Gasteiger partial charge on any atom is -0.397 e. The summed E-state index contributed by atoms with van der Waals surface area (Å²) in [6.07, 6.45) is 2.29. The number of amides is 1. The maximum atomic E-state index is 12.1. The van der Waals surface area contributed by atoms with E-state index in [-0.39, 0.29) is 25.1 Å². The third-order valence-corrected chi connectivity index (χ3v) is 3.32. The molecule has 2 heterocycles. The normalized spacial score (nSPS) is 22.9. The van der Waals surface area contributed by atoms with Crippen LogP contribution in [0.15, 0.2) is 12.3 Å². The van der Waals surface area contributed by atoms with E-state index in [9.17, 15) is 9.90 Å². The molecule has 1 aliphatic heterocycles. The van der Waals surface area contributed by atoms with Gasteiger partial charge in [-0.05, 0) is 19.9 Å². The smallest absolute Gasteiger partial charge is 0.268 e. The Balaban J connectivity index is 2.03. The number of hydrogen-bond acceptors (Lipinski definition) is 4. The van der Waals surface area contributed by atoms with Gasteiger partial charge in [0, 0.05) is 31.8 Å². The lowest BCUT2D eigenvalue weighted by Crippen LogP contribution is -2.43. The van der Waals surface area contributed by atoms with Crippen molar-refractivity contribution in [3.05, 3.63) is 18.0 Å². The lowest BCUT2D eigenvalue weighted by atomic mass is 10.0.